The molecule has 3 N–H and O–H groups in total. The molecule has 1 aromatic heterocycles. The lowest BCUT2D eigenvalue weighted by Crippen LogP contribution is -2.51. The van der Waals surface area contributed by atoms with Gasteiger partial charge in [-0.15, -0.1) is 0 Å². The number of aromatic amines is 1. The number of carbonyl (C=O) groups excluding carboxylic acids is 2. The third-order valence-corrected chi connectivity index (χ3v) is 7.16. The first-order valence-electron chi connectivity index (χ1n) is 13.0. The number of imidazole rings is 1. The Hall–Kier alpha value is -4.25. The Morgan fingerprint density at radius 2 is 1.49 bits per heavy atom. The second kappa shape index (κ2) is 12.5. The van der Waals surface area contributed by atoms with Crippen molar-refractivity contribution in [3.05, 3.63) is 59.9 Å². The van der Waals surface area contributed by atoms with Gasteiger partial charge in [0.1, 0.15) is 5.82 Å². The van der Waals surface area contributed by atoms with Crippen LogP contribution in [0.1, 0.15) is 35.9 Å². The first-order chi connectivity index (χ1) is 18.7. The van der Waals surface area contributed by atoms with E-state index in [1.54, 1.807) is 6.92 Å². The molecule has 0 atom stereocenters. The summed E-state index contributed by atoms with van der Waals surface area (Å²) >= 11 is 0. The second-order valence-corrected chi connectivity index (χ2v) is 9.78. The van der Waals surface area contributed by atoms with Crippen molar-refractivity contribution in [2.75, 3.05) is 44.2 Å². The zero-order valence-electron chi connectivity index (χ0n) is 21.9. The van der Waals surface area contributed by atoms with Crippen LogP contribution in [0.2, 0.25) is 0 Å². The number of piperidine rings is 1. The molecule has 0 unspecified atom stereocenters. The molecule has 206 valence electrons. The van der Waals surface area contributed by atoms with Gasteiger partial charge < -0.3 is 25.0 Å². The summed E-state index contributed by atoms with van der Waals surface area (Å²) in [6.07, 6.45) is 1.82. The Labute approximate surface area is 226 Å². The number of hydrogen-bond acceptors (Lipinski definition) is 7. The monoisotopic (exact) mass is 535 g/mol. The van der Waals surface area contributed by atoms with E-state index in [0.717, 1.165) is 86.8 Å². The molecule has 0 saturated carbocycles. The van der Waals surface area contributed by atoms with E-state index in [-0.39, 0.29) is 11.7 Å². The third-order valence-electron chi connectivity index (χ3n) is 7.16. The first-order valence-corrected chi connectivity index (χ1v) is 13.0. The Morgan fingerprint density at radius 1 is 0.872 bits per heavy atom. The van der Waals surface area contributed by atoms with E-state index in [1.165, 1.54) is 0 Å². The molecule has 1 amide bonds. The van der Waals surface area contributed by atoms with Gasteiger partial charge in [0.2, 0.25) is 5.91 Å². The van der Waals surface area contributed by atoms with Crippen LogP contribution in [0.5, 0.6) is 0 Å². The normalized spacial score (nSPS) is 16.4. The minimum atomic E-state index is -1.82. The molecule has 0 aliphatic carbocycles. The first kappa shape index (κ1) is 27.8. The number of aromatic nitrogens is 2. The van der Waals surface area contributed by atoms with Gasteiger partial charge in [0.05, 0.1) is 17.6 Å². The number of piperazine rings is 1. The highest BCUT2D eigenvalue weighted by Crippen LogP contribution is 2.23. The fraction of sp³-hybridized carbons (Fsp3) is 0.393. The van der Waals surface area contributed by atoms with Crippen molar-refractivity contribution in [2.24, 2.45) is 5.92 Å². The van der Waals surface area contributed by atoms with Crippen LogP contribution in [0.25, 0.3) is 11.0 Å². The minimum absolute atomic E-state index is 0.0839. The van der Waals surface area contributed by atoms with E-state index in [4.69, 9.17) is 19.8 Å². The number of carboxylic acids is 2. The van der Waals surface area contributed by atoms with Crippen molar-refractivity contribution in [2.45, 2.75) is 26.3 Å². The number of rotatable bonds is 5. The smallest absolute Gasteiger partial charge is 0.414 e. The number of para-hydroxylation sites is 2. The number of likely N-dealkylation sites (tertiary alicyclic amines) is 1. The largest absolute Gasteiger partial charge is 0.473 e. The number of H-pyrrole nitrogens is 1. The Morgan fingerprint density at radius 3 is 2.05 bits per heavy atom. The highest BCUT2D eigenvalue weighted by Gasteiger charge is 2.30. The summed E-state index contributed by atoms with van der Waals surface area (Å²) in [6.45, 7) is 7.41. The maximum Gasteiger partial charge on any atom is 0.414 e. The van der Waals surface area contributed by atoms with E-state index in [2.05, 4.69) is 25.8 Å². The number of fused-ring (bicyclic) bond motifs is 1. The molecule has 2 aliphatic heterocycles. The molecule has 11 heteroatoms. The maximum atomic E-state index is 13.1. The number of benzene rings is 2. The Balaban J connectivity index is 0.000000531. The molecule has 2 fully saturated rings. The molecule has 0 radical (unpaired) electrons. The average Bonchev–Trinajstić information content (AvgIpc) is 3.36. The fourth-order valence-electron chi connectivity index (χ4n) is 4.98. The van der Waals surface area contributed by atoms with Crippen LogP contribution in [0, 0.1) is 5.92 Å². The van der Waals surface area contributed by atoms with Gasteiger partial charge in [0.15, 0.2) is 5.78 Å². The number of carbonyl (C=O) groups is 4. The van der Waals surface area contributed by atoms with Crippen LogP contribution in [-0.2, 0) is 20.9 Å². The maximum absolute atomic E-state index is 13.1. The minimum Gasteiger partial charge on any atom is -0.473 e. The third kappa shape index (κ3) is 7.20. The van der Waals surface area contributed by atoms with Crippen molar-refractivity contribution in [1.82, 2.24) is 19.8 Å². The van der Waals surface area contributed by atoms with Crippen LogP contribution in [0.3, 0.4) is 0 Å². The molecular weight excluding hydrogens is 502 g/mol. The molecule has 0 bridgehead atoms. The van der Waals surface area contributed by atoms with Crippen molar-refractivity contribution in [3.8, 4) is 0 Å². The van der Waals surface area contributed by atoms with Gasteiger partial charge in [-0.3, -0.25) is 14.5 Å². The summed E-state index contributed by atoms with van der Waals surface area (Å²) in [5.41, 5.74) is 3.93. The van der Waals surface area contributed by atoms with Gasteiger partial charge in [-0.05, 0) is 69.3 Å². The lowest BCUT2D eigenvalue weighted by Gasteiger charge is -2.39. The van der Waals surface area contributed by atoms with Gasteiger partial charge in [0, 0.05) is 43.3 Å². The molecule has 3 heterocycles. The van der Waals surface area contributed by atoms with Crippen LogP contribution in [0.4, 0.5) is 5.69 Å². The van der Waals surface area contributed by atoms with E-state index in [9.17, 15) is 9.59 Å². The molecule has 2 saturated heterocycles. The Kier molecular flexibility index (Phi) is 8.92. The number of Topliss-reactive ketones (excluding diaryl/α,β-unsaturated/α-hetero) is 1. The molecule has 39 heavy (non-hydrogen) atoms. The zero-order valence-corrected chi connectivity index (χ0v) is 21.9. The average molecular weight is 536 g/mol. The topological polar surface area (TPSA) is 147 Å². The number of ketones is 1. The predicted octanol–water partition coefficient (Wildman–Crippen LogP) is 2.48. The lowest BCUT2D eigenvalue weighted by molar-refractivity contribution is -0.159. The second-order valence-electron chi connectivity index (χ2n) is 9.78. The number of nitrogens with one attached hydrogen (secondary N) is 1. The number of carboxylic acid groups (broad SMARTS) is 2. The number of amides is 1. The fourth-order valence-corrected chi connectivity index (χ4v) is 4.98. The molecule has 2 aliphatic rings. The number of anilines is 1. The van der Waals surface area contributed by atoms with Gasteiger partial charge in [-0.25, -0.2) is 14.6 Å². The van der Waals surface area contributed by atoms with Gasteiger partial charge in [-0.1, -0.05) is 12.1 Å². The molecule has 5 rings (SSSR count). The van der Waals surface area contributed by atoms with Crippen LogP contribution >= 0.6 is 0 Å². The van der Waals surface area contributed by atoms with E-state index < -0.39 is 11.9 Å². The van der Waals surface area contributed by atoms with E-state index in [0.29, 0.717) is 5.91 Å². The van der Waals surface area contributed by atoms with Crippen molar-refractivity contribution in [3.63, 3.8) is 0 Å². The number of aliphatic carboxylic acids is 2. The van der Waals surface area contributed by atoms with Crippen molar-refractivity contribution in [1.29, 1.82) is 0 Å². The SMILES string of the molecule is CC(=O)c1ccc(N2CCN(C(=O)C3CCN(Cc4nc5ccccc5[nH]4)CC3)CC2)cc1.O=C(O)C(=O)O. The Bertz CT molecular complexity index is 1280. The molecule has 11 nitrogen and oxygen atoms in total. The van der Waals surface area contributed by atoms with Gasteiger partial charge in [0.25, 0.3) is 0 Å². The van der Waals surface area contributed by atoms with Crippen LogP contribution in [-0.4, -0.2) is 92.9 Å². The van der Waals surface area contributed by atoms with Gasteiger partial charge in [-0.2, -0.15) is 0 Å². The van der Waals surface area contributed by atoms with Crippen molar-refractivity contribution >= 4 is 40.3 Å². The van der Waals surface area contributed by atoms with Gasteiger partial charge >= 0.3 is 11.9 Å². The summed E-state index contributed by atoms with van der Waals surface area (Å²) in [5, 5.41) is 14.8. The standard InChI is InChI=1S/C26H31N5O2.C2H2O4/c1-19(32)20-6-8-22(9-7-20)30-14-16-31(17-15-30)26(33)21-10-12-29(13-11-21)18-25-27-23-4-2-3-5-24(23)28-25;3-1(4)2(5)6/h2-9,21H,10-18H2,1H3,(H,27,28);(H,3,4)(H,5,6). The molecule has 0 spiro atoms. The van der Waals surface area contributed by atoms with E-state index in [1.807, 2.05) is 47.4 Å². The summed E-state index contributed by atoms with van der Waals surface area (Å²) in [7, 11) is 0. The molecule has 2 aromatic carbocycles. The van der Waals surface area contributed by atoms with E-state index >= 15 is 0 Å². The van der Waals surface area contributed by atoms with Crippen LogP contribution < -0.4 is 4.90 Å². The number of hydrogen-bond donors (Lipinski definition) is 3. The highest BCUT2D eigenvalue weighted by molar-refractivity contribution is 6.27. The van der Waals surface area contributed by atoms with Crippen molar-refractivity contribution < 1.29 is 29.4 Å². The molecular formula is C28H33N5O6. The number of nitrogens with zero attached hydrogens (tertiary/aromatic N) is 4. The summed E-state index contributed by atoms with van der Waals surface area (Å²) in [4.78, 5) is 57.6. The molecule has 3 aromatic rings. The highest BCUT2D eigenvalue weighted by atomic mass is 16.4. The van der Waals surface area contributed by atoms with Crippen LogP contribution in [0.15, 0.2) is 48.5 Å². The predicted molar refractivity (Wildman–Crippen MR) is 145 cm³/mol. The summed E-state index contributed by atoms with van der Waals surface area (Å²) in [5.74, 6) is -2.14. The quantitative estimate of drug-likeness (QED) is 0.331. The zero-order chi connectivity index (χ0) is 27.9. The summed E-state index contributed by atoms with van der Waals surface area (Å²) < 4.78 is 0. The lowest BCUT2D eigenvalue weighted by atomic mass is 9.95. The summed E-state index contributed by atoms with van der Waals surface area (Å²) in [6, 6.07) is 15.9.